The molecule has 5 rings (SSSR count). The molecule has 236 valence electrons. The molecule has 0 radical (unpaired) electrons. The number of carbonyl (C=O) groups is 2. The molecule has 3 amide bonds. The summed E-state index contributed by atoms with van der Waals surface area (Å²) in [6.07, 6.45) is 5.24. The Kier molecular flexibility index (Phi) is 10.5. The smallest absolute Gasteiger partial charge is 0.319 e. The number of aliphatic hydroxyl groups excluding tert-OH is 1. The molecule has 0 aliphatic carbocycles. The molecule has 1 fully saturated rings. The molecule has 9 heteroatoms. The molecule has 1 aliphatic rings. The maximum absolute atomic E-state index is 13.0. The second-order valence-corrected chi connectivity index (χ2v) is 11.6. The minimum Gasteiger partial charge on any atom is -0.457 e. The zero-order valence-electron chi connectivity index (χ0n) is 26.3. The van der Waals surface area contributed by atoms with Gasteiger partial charge in [-0.3, -0.25) is 9.69 Å². The minimum atomic E-state index is -0.220. The molecule has 4 aromatic rings. The molecular weight excluding hydrogens is 566 g/mol. The van der Waals surface area contributed by atoms with Crippen molar-refractivity contribution in [1.82, 2.24) is 14.8 Å². The van der Waals surface area contributed by atoms with Crippen LogP contribution in [0.15, 0.2) is 85.1 Å². The lowest BCUT2D eigenvalue weighted by Gasteiger charge is -2.29. The molecule has 2 heterocycles. The normalized spacial score (nSPS) is 13.9. The van der Waals surface area contributed by atoms with Crippen LogP contribution in [0.5, 0.6) is 11.5 Å². The summed E-state index contributed by atoms with van der Waals surface area (Å²) >= 11 is 0. The highest BCUT2D eigenvalue weighted by molar-refractivity contribution is 6.04. The Bertz CT molecular complexity index is 1570. The number of carbonyl (C=O) groups excluding carboxylic acids is 2. The summed E-state index contributed by atoms with van der Waals surface area (Å²) in [4.78, 5) is 27.6. The van der Waals surface area contributed by atoms with E-state index in [2.05, 4.69) is 31.5 Å². The SMILES string of the molecule is CCC(CC)NC(=O)Nc1ccc(Oc2ccc(NC(=O)c3ccc(-n4cccc4CN4CCC(O)CC4)cc3)cc2C)cc1. The molecular formula is C36H43N5O4. The summed E-state index contributed by atoms with van der Waals surface area (Å²) in [5, 5.41) is 18.6. The van der Waals surface area contributed by atoms with Crippen molar-refractivity contribution in [2.24, 2.45) is 0 Å². The Hall–Kier alpha value is -4.60. The van der Waals surface area contributed by atoms with Crippen molar-refractivity contribution in [2.75, 3.05) is 23.7 Å². The van der Waals surface area contributed by atoms with E-state index < -0.39 is 0 Å². The van der Waals surface area contributed by atoms with Gasteiger partial charge in [-0.05, 0) is 117 Å². The molecule has 1 aliphatic heterocycles. The van der Waals surface area contributed by atoms with Gasteiger partial charge in [0, 0.05) is 60.2 Å². The highest BCUT2D eigenvalue weighted by atomic mass is 16.5. The van der Waals surface area contributed by atoms with Crippen molar-refractivity contribution in [3.8, 4) is 17.2 Å². The Balaban J connectivity index is 1.15. The number of nitrogens with zero attached hydrogens (tertiary/aromatic N) is 2. The van der Waals surface area contributed by atoms with Crippen molar-refractivity contribution in [3.63, 3.8) is 0 Å². The van der Waals surface area contributed by atoms with E-state index in [0.29, 0.717) is 28.4 Å². The number of hydrogen-bond acceptors (Lipinski definition) is 5. The fourth-order valence-corrected chi connectivity index (χ4v) is 5.50. The predicted octanol–water partition coefficient (Wildman–Crippen LogP) is 7.10. The summed E-state index contributed by atoms with van der Waals surface area (Å²) < 4.78 is 8.21. The number of likely N-dealkylation sites (tertiary alicyclic amines) is 1. The number of rotatable bonds is 11. The largest absolute Gasteiger partial charge is 0.457 e. The number of aryl methyl sites for hydroxylation is 1. The van der Waals surface area contributed by atoms with Crippen LogP contribution in [-0.2, 0) is 6.54 Å². The molecule has 0 atom stereocenters. The van der Waals surface area contributed by atoms with E-state index in [9.17, 15) is 14.7 Å². The molecule has 0 bridgehead atoms. The molecule has 1 saturated heterocycles. The fourth-order valence-electron chi connectivity index (χ4n) is 5.50. The van der Waals surface area contributed by atoms with Crippen LogP contribution in [0.1, 0.15) is 61.1 Å². The van der Waals surface area contributed by atoms with Crippen LogP contribution < -0.4 is 20.7 Å². The van der Waals surface area contributed by atoms with Gasteiger partial charge in [0.05, 0.1) is 6.10 Å². The first-order valence-corrected chi connectivity index (χ1v) is 15.8. The maximum Gasteiger partial charge on any atom is 0.319 e. The number of aromatic nitrogens is 1. The highest BCUT2D eigenvalue weighted by Gasteiger charge is 2.18. The van der Waals surface area contributed by atoms with E-state index in [1.165, 1.54) is 5.69 Å². The van der Waals surface area contributed by atoms with E-state index in [-0.39, 0.29) is 24.1 Å². The van der Waals surface area contributed by atoms with Gasteiger partial charge < -0.3 is 30.4 Å². The first kappa shape index (κ1) is 31.8. The zero-order valence-corrected chi connectivity index (χ0v) is 26.3. The van der Waals surface area contributed by atoms with Gasteiger partial charge in [0.25, 0.3) is 5.91 Å². The van der Waals surface area contributed by atoms with E-state index in [1.54, 1.807) is 24.3 Å². The van der Waals surface area contributed by atoms with Gasteiger partial charge in [-0.15, -0.1) is 0 Å². The maximum atomic E-state index is 13.0. The Morgan fingerprint density at radius 2 is 1.60 bits per heavy atom. The number of anilines is 2. The number of urea groups is 1. The summed E-state index contributed by atoms with van der Waals surface area (Å²) in [7, 11) is 0. The lowest BCUT2D eigenvalue weighted by Crippen LogP contribution is -2.37. The standard InChI is InChI=1S/C36H43N5O4/c1-4-27(5-2)38-36(44)39-28-10-15-33(16-11-28)45-34-17-12-29(23-25(34)3)37-35(43)26-8-13-30(14-9-26)41-20-6-7-31(41)24-40-21-18-32(42)19-22-40/h6-17,20,23,27,32,42H,4-5,18-19,21-22,24H2,1-3H3,(H,37,43)(H2,38,39,44). The van der Waals surface area contributed by atoms with Gasteiger partial charge >= 0.3 is 6.03 Å². The Morgan fingerprint density at radius 3 is 2.27 bits per heavy atom. The fraction of sp³-hybridized carbons (Fsp3) is 0.333. The lowest BCUT2D eigenvalue weighted by molar-refractivity contribution is 0.0784. The molecule has 45 heavy (non-hydrogen) atoms. The number of benzene rings is 3. The average molecular weight is 610 g/mol. The number of ether oxygens (including phenoxy) is 1. The zero-order chi connectivity index (χ0) is 31.8. The van der Waals surface area contributed by atoms with Gasteiger partial charge in [-0.25, -0.2) is 4.79 Å². The number of nitrogens with one attached hydrogen (secondary N) is 3. The average Bonchev–Trinajstić information content (AvgIpc) is 3.51. The highest BCUT2D eigenvalue weighted by Crippen LogP contribution is 2.28. The lowest BCUT2D eigenvalue weighted by atomic mass is 10.1. The van der Waals surface area contributed by atoms with E-state index in [0.717, 1.165) is 56.6 Å². The van der Waals surface area contributed by atoms with Crippen LogP contribution >= 0.6 is 0 Å². The van der Waals surface area contributed by atoms with Crippen molar-refractivity contribution in [2.45, 2.75) is 65.1 Å². The van der Waals surface area contributed by atoms with Crippen LogP contribution in [0, 0.1) is 6.92 Å². The quantitative estimate of drug-likeness (QED) is 0.145. The van der Waals surface area contributed by atoms with E-state index in [4.69, 9.17) is 4.74 Å². The topological polar surface area (TPSA) is 108 Å². The van der Waals surface area contributed by atoms with Crippen molar-refractivity contribution >= 4 is 23.3 Å². The van der Waals surface area contributed by atoms with Gasteiger partial charge in [-0.1, -0.05) is 13.8 Å². The van der Waals surface area contributed by atoms with Crippen LogP contribution in [0.25, 0.3) is 5.69 Å². The third-order valence-electron chi connectivity index (χ3n) is 8.28. The monoisotopic (exact) mass is 609 g/mol. The van der Waals surface area contributed by atoms with E-state index >= 15 is 0 Å². The van der Waals surface area contributed by atoms with Crippen LogP contribution in [0.3, 0.4) is 0 Å². The first-order valence-electron chi connectivity index (χ1n) is 15.8. The Labute approximate surface area is 265 Å². The van der Waals surface area contributed by atoms with Crippen molar-refractivity contribution < 1.29 is 19.4 Å². The predicted molar refractivity (Wildman–Crippen MR) is 178 cm³/mol. The van der Waals surface area contributed by atoms with Crippen LogP contribution in [-0.4, -0.2) is 51.7 Å². The first-order chi connectivity index (χ1) is 21.8. The van der Waals surface area contributed by atoms with Gasteiger partial charge in [0.1, 0.15) is 11.5 Å². The van der Waals surface area contributed by atoms with Gasteiger partial charge in [0.2, 0.25) is 0 Å². The summed E-state index contributed by atoms with van der Waals surface area (Å²) in [5.41, 5.74) is 4.97. The van der Waals surface area contributed by atoms with Crippen molar-refractivity contribution in [3.05, 3.63) is 102 Å². The summed E-state index contributed by atoms with van der Waals surface area (Å²) in [6, 6.07) is 24.4. The van der Waals surface area contributed by atoms with Crippen LogP contribution in [0.4, 0.5) is 16.2 Å². The summed E-state index contributed by atoms with van der Waals surface area (Å²) in [6.45, 7) is 8.63. The number of piperidine rings is 1. The third-order valence-corrected chi connectivity index (χ3v) is 8.28. The molecule has 0 unspecified atom stereocenters. The molecule has 1 aromatic heterocycles. The minimum absolute atomic E-state index is 0.153. The van der Waals surface area contributed by atoms with Crippen LogP contribution in [0.2, 0.25) is 0 Å². The van der Waals surface area contributed by atoms with Gasteiger partial charge in [0.15, 0.2) is 0 Å². The van der Waals surface area contributed by atoms with Crippen molar-refractivity contribution in [1.29, 1.82) is 0 Å². The summed E-state index contributed by atoms with van der Waals surface area (Å²) in [5.74, 6) is 1.12. The third kappa shape index (κ3) is 8.53. The number of amides is 3. The molecule has 3 aromatic carbocycles. The molecule has 0 saturated carbocycles. The second kappa shape index (κ2) is 14.9. The second-order valence-electron chi connectivity index (χ2n) is 11.6. The molecule has 4 N–H and O–H groups in total. The Morgan fingerprint density at radius 1 is 0.911 bits per heavy atom. The molecule has 9 nitrogen and oxygen atoms in total. The molecule has 0 spiro atoms. The number of aliphatic hydroxyl groups is 1. The van der Waals surface area contributed by atoms with Gasteiger partial charge in [-0.2, -0.15) is 0 Å². The number of hydrogen-bond donors (Lipinski definition) is 4. The van der Waals surface area contributed by atoms with E-state index in [1.807, 2.05) is 75.5 Å².